The molecule has 0 fully saturated rings. The number of hydrogen-bond donors (Lipinski definition) is 3. The molecule has 0 radical (unpaired) electrons. The summed E-state index contributed by atoms with van der Waals surface area (Å²) >= 11 is 0. The number of rotatable bonds is 8. The number of nitrogens with two attached hydrogens (primary N) is 1. The Morgan fingerprint density at radius 1 is 1.37 bits per heavy atom. The Morgan fingerprint density at radius 3 is 2.63 bits per heavy atom. The van der Waals surface area contributed by atoms with Gasteiger partial charge in [0.25, 0.3) is 5.91 Å². The molecule has 0 unspecified atom stereocenters. The van der Waals surface area contributed by atoms with E-state index in [4.69, 9.17) is 5.73 Å². The van der Waals surface area contributed by atoms with E-state index < -0.39 is 5.91 Å². The molecular weight excluding hydrogens is 378 g/mol. The van der Waals surface area contributed by atoms with Crippen molar-refractivity contribution in [3.05, 3.63) is 66.5 Å². The van der Waals surface area contributed by atoms with Gasteiger partial charge in [0.15, 0.2) is 0 Å². The molecule has 8 heteroatoms. The minimum Gasteiger partial charge on any atom is -0.404 e. The number of aliphatic imine (C=N–C) groups is 1. The van der Waals surface area contributed by atoms with Crippen LogP contribution in [0.3, 0.4) is 0 Å². The third kappa shape index (κ3) is 5.44. The number of nitrogens with zero attached hydrogens (tertiary/aromatic N) is 4. The average molecular weight is 408 g/mol. The van der Waals surface area contributed by atoms with Crippen molar-refractivity contribution in [2.75, 3.05) is 17.7 Å². The van der Waals surface area contributed by atoms with Crippen molar-refractivity contribution < 1.29 is 4.79 Å². The van der Waals surface area contributed by atoms with Gasteiger partial charge < -0.3 is 16.4 Å². The Kier molecular flexibility index (Phi) is 7.69. The highest BCUT2D eigenvalue weighted by Crippen LogP contribution is 2.23. The maximum Gasteiger partial charge on any atom is 0.259 e. The lowest BCUT2D eigenvalue weighted by Crippen LogP contribution is -2.21. The van der Waals surface area contributed by atoms with E-state index in [-0.39, 0.29) is 11.5 Å². The normalized spacial score (nSPS) is 12.8. The number of amides is 1. The van der Waals surface area contributed by atoms with Gasteiger partial charge in [-0.2, -0.15) is 5.10 Å². The van der Waals surface area contributed by atoms with Gasteiger partial charge in [-0.25, -0.2) is 0 Å². The number of allylic oxidation sites excluding steroid dienone is 2. The van der Waals surface area contributed by atoms with Crippen molar-refractivity contribution in [1.82, 2.24) is 14.8 Å². The molecule has 2 heterocycles. The lowest BCUT2D eigenvalue weighted by Gasteiger charge is -2.12. The summed E-state index contributed by atoms with van der Waals surface area (Å²) in [6.07, 6.45) is 9.86. The molecule has 0 aliphatic carbocycles. The highest BCUT2D eigenvalue weighted by molar-refractivity contribution is 6.29. The maximum absolute atomic E-state index is 12.9. The van der Waals surface area contributed by atoms with Gasteiger partial charge in [0.1, 0.15) is 0 Å². The van der Waals surface area contributed by atoms with Crippen molar-refractivity contribution in [2.24, 2.45) is 23.7 Å². The first-order valence-electron chi connectivity index (χ1n) is 9.58. The fraction of sp³-hybridized carbons (Fsp3) is 0.273. The van der Waals surface area contributed by atoms with Crippen LogP contribution in [0.15, 0.2) is 60.3 Å². The lowest BCUT2D eigenvalue weighted by molar-refractivity contribution is -0.112. The number of hydrogen-bond acceptors (Lipinski definition) is 6. The van der Waals surface area contributed by atoms with Crippen LogP contribution in [0.1, 0.15) is 25.1 Å². The number of carbonyl (C=O) groups is 1. The number of carbonyl (C=O) groups excluding carboxylic acids is 1. The molecule has 0 aliphatic heterocycles. The van der Waals surface area contributed by atoms with Gasteiger partial charge >= 0.3 is 0 Å². The van der Waals surface area contributed by atoms with E-state index in [0.29, 0.717) is 17.1 Å². The third-order valence-electron chi connectivity index (χ3n) is 4.51. The highest BCUT2D eigenvalue weighted by atomic mass is 16.1. The topological polar surface area (TPSA) is 110 Å². The van der Waals surface area contributed by atoms with Crippen LogP contribution in [0, 0.1) is 12.8 Å². The number of aromatic nitrogens is 3. The van der Waals surface area contributed by atoms with Crippen molar-refractivity contribution in [3.63, 3.8) is 0 Å². The molecule has 0 bridgehead atoms. The first-order valence-corrected chi connectivity index (χ1v) is 9.58. The minimum absolute atomic E-state index is 0.209. The summed E-state index contributed by atoms with van der Waals surface area (Å²) in [4.78, 5) is 21.7. The molecule has 158 valence electrons. The molecule has 0 spiro atoms. The predicted molar refractivity (Wildman–Crippen MR) is 123 cm³/mol. The zero-order valence-electron chi connectivity index (χ0n) is 18.1. The number of pyridine rings is 1. The van der Waals surface area contributed by atoms with Crippen LogP contribution in [-0.2, 0) is 11.8 Å². The second-order valence-corrected chi connectivity index (χ2v) is 7.00. The van der Waals surface area contributed by atoms with Crippen LogP contribution in [0.4, 0.5) is 11.4 Å². The molecule has 2 rings (SSSR count). The Bertz CT molecular complexity index is 1010. The van der Waals surface area contributed by atoms with E-state index in [9.17, 15) is 4.79 Å². The summed E-state index contributed by atoms with van der Waals surface area (Å²) < 4.78 is 1.73. The standard InChI is InChI=1S/C22H29N7O/c1-7-20(26-12-19(14(2)3)16-10-27-29(6)13-16)18(9-23)22(30)28-21-8-17(24-5)11-25-15(21)4/h7-14,24H,1,23H2,2-6H3,(H,28,30)/b18-9+,19-12+,26-20+. The molecule has 4 N–H and O–H groups in total. The molecule has 0 atom stereocenters. The van der Waals surface area contributed by atoms with E-state index in [2.05, 4.69) is 46.1 Å². The summed E-state index contributed by atoms with van der Waals surface area (Å²) in [7, 11) is 3.64. The number of nitrogens with one attached hydrogen (secondary N) is 2. The molecular formula is C22H29N7O. The Labute approximate surface area is 177 Å². The van der Waals surface area contributed by atoms with Crippen LogP contribution in [0.5, 0.6) is 0 Å². The van der Waals surface area contributed by atoms with Gasteiger partial charge in [0.2, 0.25) is 0 Å². The van der Waals surface area contributed by atoms with Crippen LogP contribution in [-0.4, -0.2) is 33.4 Å². The van der Waals surface area contributed by atoms with Crippen LogP contribution in [0.2, 0.25) is 0 Å². The zero-order valence-corrected chi connectivity index (χ0v) is 18.1. The van der Waals surface area contributed by atoms with Gasteiger partial charge in [-0.1, -0.05) is 20.4 Å². The van der Waals surface area contributed by atoms with E-state index in [1.54, 1.807) is 36.4 Å². The van der Waals surface area contributed by atoms with Crippen molar-refractivity contribution in [1.29, 1.82) is 0 Å². The minimum atomic E-state index is -0.393. The van der Waals surface area contributed by atoms with E-state index in [1.807, 2.05) is 20.2 Å². The monoisotopic (exact) mass is 407 g/mol. The average Bonchev–Trinajstić information content (AvgIpc) is 3.14. The number of anilines is 2. The molecule has 1 amide bonds. The first-order chi connectivity index (χ1) is 14.3. The molecule has 0 saturated carbocycles. The fourth-order valence-electron chi connectivity index (χ4n) is 2.76. The summed E-state index contributed by atoms with van der Waals surface area (Å²) in [6, 6.07) is 1.80. The van der Waals surface area contributed by atoms with E-state index in [1.165, 1.54) is 12.3 Å². The summed E-state index contributed by atoms with van der Waals surface area (Å²) in [5, 5.41) is 10.1. The molecule has 30 heavy (non-hydrogen) atoms. The van der Waals surface area contributed by atoms with E-state index >= 15 is 0 Å². The smallest absolute Gasteiger partial charge is 0.259 e. The summed E-state index contributed by atoms with van der Waals surface area (Å²) in [6.45, 7) is 9.74. The second-order valence-electron chi connectivity index (χ2n) is 7.00. The zero-order chi connectivity index (χ0) is 22.3. The van der Waals surface area contributed by atoms with Crippen molar-refractivity contribution in [3.8, 4) is 0 Å². The molecule has 8 nitrogen and oxygen atoms in total. The van der Waals surface area contributed by atoms with E-state index in [0.717, 1.165) is 16.8 Å². The molecule has 0 aromatic carbocycles. The van der Waals surface area contributed by atoms with Gasteiger partial charge in [-0.3, -0.25) is 19.5 Å². The quantitative estimate of drug-likeness (QED) is 0.459. The second kappa shape index (κ2) is 10.2. The highest BCUT2D eigenvalue weighted by Gasteiger charge is 2.16. The third-order valence-corrected chi connectivity index (χ3v) is 4.51. The first kappa shape index (κ1) is 22.6. The van der Waals surface area contributed by atoms with Crippen LogP contribution >= 0.6 is 0 Å². The summed E-state index contributed by atoms with van der Waals surface area (Å²) in [5.41, 5.74) is 10.4. The van der Waals surface area contributed by atoms with Crippen molar-refractivity contribution in [2.45, 2.75) is 20.8 Å². The molecule has 2 aromatic heterocycles. The Morgan fingerprint density at radius 2 is 2.10 bits per heavy atom. The Balaban J connectivity index is 2.34. The fourth-order valence-corrected chi connectivity index (χ4v) is 2.76. The maximum atomic E-state index is 12.9. The number of aryl methyl sites for hydroxylation is 2. The van der Waals surface area contributed by atoms with Crippen LogP contribution < -0.4 is 16.4 Å². The predicted octanol–water partition coefficient (Wildman–Crippen LogP) is 3.27. The SMILES string of the molecule is C=CC(=N\C=C(\c1cnn(C)c1)C(C)C)/C(=C\N)C(=O)Nc1cc(NC)cnc1C. The van der Waals surface area contributed by atoms with Crippen LogP contribution in [0.25, 0.3) is 5.57 Å². The van der Waals surface area contributed by atoms with Gasteiger partial charge in [0.05, 0.1) is 40.7 Å². The largest absolute Gasteiger partial charge is 0.404 e. The summed E-state index contributed by atoms with van der Waals surface area (Å²) in [5.74, 6) is -0.184. The molecule has 0 aliphatic rings. The molecule has 0 saturated heterocycles. The van der Waals surface area contributed by atoms with Gasteiger partial charge in [-0.05, 0) is 30.6 Å². The Hall–Kier alpha value is -3.68. The molecule has 2 aromatic rings. The lowest BCUT2D eigenvalue weighted by atomic mass is 9.99. The van der Waals surface area contributed by atoms with Gasteiger partial charge in [0, 0.05) is 38.3 Å². The van der Waals surface area contributed by atoms with Gasteiger partial charge in [-0.15, -0.1) is 0 Å². The van der Waals surface area contributed by atoms with Crippen molar-refractivity contribution >= 4 is 28.6 Å².